The number of aromatic amines is 1. The number of nitrogens with zero attached hydrogens (tertiary/aromatic N) is 1. The molecule has 2 aromatic heterocycles. The second-order valence-corrected chi connectivity index (χ2v) is 8.26. The van der Waals surface area contributed by atoms with Crippen molar-refractivity contribution in [1.82, 2.24) is 14.7 Å². The molecule has 0 saturated carbocycles. The van der Waals surface area contributed by atoms with Crippen LogP contribution in [0.1, 0.15) is 22.9 Å². The Morgan fingerprint density at radius 2 is 1.77 bits per heavy atom. The number of hydrogen-bond donors (Lipinski definition) is 2. The van der Waals surface area contributed by atoms with Crippen molar-refractivity contribution in [3.8, 4) is 0 Å². The van der Waals surface area contributed by atoms with Crippen molar-refractivity contribution in [2.24, 2.45) is 0 Å². The van der Waals surface area contributed by atoms with Crippen molar-refractivity contribution in [2.45, 2.75) is 13.0 Å². The number of pyridine rings is 1. The zero-order valence-electron chi connectivity index (χ0n) is 14.5. The SMILES string of the molecule is Cc1nccc2c1[nH]c1ccc(C(NS(C)(=O)=O)c3ccccc3)cc12. The average Bonchev–Trinajstić information content (AvgIpc) is 2.99. The van der Waals surface area contributed by atoms with Gasteiger partial charge in [0.1, 0.15) is 0 Å². The average molecular weight is 365 g/mol. The lowest BCUT2D eigenvalue weighted by atomic mass is 9.98. The van der Waals surface area contributed by atoms with Crippen LogP contribution in [0.25, 0.3) is 21.8 Å². The standard InChI is InChI=1S/C20H19N3O2S/c1-13-19-16(10-11-21-13)17-12-15(8-9-18(17)22-19)20(23-26(2,24)25)14-6-4-3-5-7-14/h3-12,20,22-23H,1-2H3. The van der Waals surface area contributed by atoms with Crippen molar-refractivity contribution in [2.75, 3.05) is 6.26 Å². The first kappa shape index (κ1) is 16.8. The largest absolute Gasteiger partial charge is 0.353 e. The summed E-state index contributed by atoms with van der Waals surface area (Å²) in [5, 5.41) is 2.14. The van der Waals surface area contributed by atoms with Gasteiger partial charge in [0.2, 0.25) is 10.0 Å². The Labute approximate surface area is 152 Å². The van der Waals surface area contributed by atoms with E-state index in [4.69, 9.17) is 0 Å². The first-order valence-electron chi connectivity index (χ1n) is 8.31. The van der Waals surface area contributed by atoms with E-state index in [0.29, 0.717) is 0 Å². The second-order valence-electron chi connectivity index (χ2n) is 6.48. The minimum atomic E-state index is -3.38. The molecule has 0 amide bonds. The highest BCUT2D eigenvalue weighted by Crippen LogP contribution is 2.31. The van der Waals surface area contributed by atoms with Crippen molar-refractivity contribution in [3.05, 3.63) is 77.6 Å². The van der Waals surface area contributed by atoms with Gasteiger partial charge in [0.25, 0.3) is 0 Å². The van der Waals surface area contributed by atoms with Gasteiger partial charge in [-0.2, -0.15) is 0 Å². The Bertz CT molecular complexity index is 1200. The van der Waals surface area contributed by atoms with E-state index in [9.17, 15) is 8.42 Å². The monoisotopic (exact) mass is 365 g/mol. The molecule has 4 aromatic rings. The highest BCUT2D eigenvalue weighted by molar-refractivity contribution is 7.88. The van der Waals surface area contributed by atoms with E-state index in [2.05, 4.69) is 14.7 Å². The zero-order valence-corrected chi connectivity index (χ0v) is 15.3. The normalized spacial score (nSPS) is 13.3. The number of aromatic nitrogens is 2. The molecule has 4 rings (SSSR count). The third-order valence-electron chi connectivity index (χ3n) is 4.53. The Balaban J connectivity index is 1.92. The molecule has 2 heterocycles. The second kappa shape index (κ2) is 6.23. The van der Waals surface area contributed by atoms with Gasteiger partial charge in [-0.05, 0) is 36.2 Å². The molecule has 0 aliphatic rings. The van der Waals surface area contributed by atoms with Gasteiger partial charge in [0.05, 0.1) is 23.5 Å². The van der Waals surface area contributed by atoms with E-state index in [1.54, 1.807) is 6.20 Å². The molecule has 132 valence electrons. The topological polar surface area (TPSA) is 74.8 Å². The molecule has 1 unspecified atom stereocenters. The van der Waals surface area contributed by atoms with Crippen LogP contribution >= 0.6 is 0 Å². The van der Waals surface area contributed by atoms with Gasteiger partial charge in [0, 0.05) is 22.5 Å². The van der Waals surface area contributed by atoms with E-state index in [1.807, 2.05) is 61.5 Å². The van der Waals surface area contributed by atoms with E-state index in [-0.39, 0.29) is 0 Å². The van der Waals surface area contributed by atoms with Crippen molar-refractivity contribution in [3.63, 3.8) is 0 Å². The first-order valence-corrected chi connectivity index (χ1v) is 10.2. The maximum Gasteiger partial charge on any atom is 0.209 e. The summed E-state index contributed by atoms with van der Waals surface area (Å²) in [4.78, 5) is 7.73. The van der Waals surface area contributed by atoms with Crippen molar-refractivity contribution >= 4 is 31.8 Å². The summed E-state index contributed by atoms with van der Waals surface area (Å²) in [6.07, 6.45) is 2.98. The molecule has 26 heavy (non-hydrogen) atoms. The Hall–Kier alpha value is -2.70. The lowest BCUT2D eigenvalue weighted by Gasteiger charge is -2.18. The molecular formula is C20H19N3O2S. The fraction of sp³-hybridized carbons (Fsp3) is 0.150. The van der Waals surface area contributed by atoms with Gasteiger partial charge in [-0.3, -0.25) is 4.98 Å². The highest BCUT2D eigenvalue weighted by atomic mass is 32.2. The third kappa shape index (κ3) is 3.09. The van der Waals surface area contributed by atoms with Gasteiger partial charge in [-0.15, -0.1) is 0 Å². The minimum absolute atomic E-state index is 0.441. The lowest BCUT2D eigenvalue weighted by Crippen LogP contribution is -2.28. The number of nitrogens with one attached hydrogen (secondary N) is 2. The number of sulfonamides is 1. The maximum atomic E-state index is 11.9. The van der Waals surface area contributed by atoms with E-state index < -0.39 is 16.1 Å². The lowest BCUT2D eigenvalue weighted by molar-refractivity contribution is 0.578. The van der Waals surface area contributed by atoms with Gasteiger partial charge in [-0.25, -0.2) is 13.1 Å². The van der Waals surface area contributed by atoms with Crippen LogP contribution in [0.2, 0.25) is 0 Å². The Morgan fingerprint density at radius 3 is 2.50 bits per heavy atom. The molecule has 0 aliphatic heterocycles. The number of H-pyrrole nitrogens is 1. The smallest absolute Gasteiger partial charge is 0.209 e. The molecule has 0 radical (unpaired) electrons. The summed E-state index contributed by atoms with van der Waals surface area (Å²) < 4.78 is 26.6. The number of aryl methyl sites for hydroxylation is 1. The van der Waals surface area contributed by atoms with Crippen LogP contribution in [0, 0.1) is 6.92 Å². The zero-order chi connectivity index (χ0) is 18.3. The van der Waals surface area contributed by atoms with Gasteiger partial charge >= 0.3 is 0 Å². The van der Waals surface area contributed by atoms with Crippen LogP contribution in [0.4, 0.5) is 0 Å². The van der Waals surface area contributed by atoms with Gasteiger partial charge < -0.3 is 4.98 Å². The predicted molar refractivity (Wildman–Crippen MR) is 105 cm³/mol. The molecule has 0 aliphatic carbocycles. The summed E-state index contributed by atoms with van der Waals surface area (Å²) in [5.41, 5.74) is 4.74. The van der Waals surface area contributed by atoms with E-state index >= 15 is 0 Å². The molecule has 2 aromatic carbocycles. The molecule has 1 atom stereocenters. The van der Waals surface area contributed by atoms with E-state index in [1.165, 1.54) is 6.26 Å². The van der Waals surface area contributed by atoms with Crippen LogP contribution in [0.3, 0.4) is 0 Å². The van der Waals surface area contributed by atoms with Crippen molar-refractivity contribution < 1.29 is 8.42 Å². The number of fused-ring (bicyclic) bond motifs is 3. The molecule has 2 N–H and O–H groups in total. The molecule has 0 spiro atoms. The number of benzene rings is 2. The Morgan fingerprint density at radius 1 is 1.00 bits per heavy atom. The summed E-state index contributed by atoms with van der Waals surface area (Å²) >= 11 is 0. The van der Waals surface area contributed by atoms with Crippen LogP contribution in [-0.2, 0) is 10.0 Å². The van der Waals surface area contributed by atoms with Crippen LogP contribution in [0.5, 0.6) is 0 Å². The Kier molecular flexibility index (Phi) is 4.01. The van der Waals surface area contributed by atoms with Gasteiger partial charge in [-0.1, -0.05) is 36.4 Å². The van der Waals surface area contributed by atoms with Crippen LogP contribution < -0.4 is 4.72 Å². The molecule has 0 saturated heterocycles. The minimum Gasteiger partial charge on any atom is -0.353 e. The predicted octanol–water partition coefficient (Wildman–Crippen LogP) is 3.66. The highest BCUT2D eigenvalue weighted by Gasteiger charge is 2.19. The number of hydrogen-bond acceptors (Lipinski definition) is 3. The summed E-state index contributed by atoms with van der Waals surface area (Å²) in [6.45, 7) is 1.97. The summed E-state index contributed by atoms with van der Waals surface area (Å²) in [5.74, 6) is 0. The fourth-order valence-electron chi connectivity index (χ4n) is 3.34. The number of rotatable bonds is 4. The molecule has 0 fully saturated rings. The van der Waals surface area contributed by atoms with Gasteiger partial charge in [0.15, 0.2) is 0 Å². The molecular weight excluding hydrogens is 346 g/mol. The van der Waals surface area contributed by atoms with Crippen LogP contribution in [0.15, 0.2) is 60.8 Å². The van der Waals surface area contributed by atoms with Crippen molar-refractivity contribution in [1.29, 1.82) is 0 Å². The molecule has 5 nitrogen and oxygen atoms in total. The summed E-state index contributed by atoms with van der Waals surface area (Å²) in [6, 6.07) is 17.1. The quantitative estimate of drug-likeness (QED) is 0.579. The maximum absolute atomic E-state index is 11.9. The summed E-state index contributed by atoms with van der Waals surface area (Å²) in [7, 11) is -3.38. The van der Waals surface area contributed by atoms with Crippen LogP contribution in [-0.4, -0.2) is 24.6 Å². The van der Waals surface area contributed by atoms with E-state index in [0.717, 1.165) is 38.6 Å². The molecule has 6 heteroatoms. The first-order chi connectivity index (χ1) is 12.4. The molecule has 0 bridgehead atoms. The fourth-order valence-corrected chi connectivity index (χ4v) is 4.04. The third-order valence-corrected chi connectivity index (χ3v) is 5.20.